The van der Waals surface area contributed by atoms with Gasteiger partial charge < -0.3 is 18.9 Å². The Bertz CT molecular complexity index is 617. The lowest BCUT2D eigenvalue weighted by atomic mass is 10.0. The van der Waals surface area contributed by atoms with E-state index in [1.165, 1.54) is 5.56 Å². The largest absolute Gasteiger partial charge is 0.374 e. The molecule has 0 bridgehead atoms. The minimum atomic E-state index is -0.165. The molecule has 1 saturated heterocycles. The van der Waals surface area contributed by atoms with Crippen molar-refractivity contribution in [2.24, 2.45) is 0 Å². The van der Waals surface area contributed by atoms with E-state index in [4.69, 9.17) is 18.9 Å². The molecule has 1 fully saturated rings. The lowest BCUT2D eigenvalue weighted by Gasteiger charge is -2.36. The lowest BCUT2D eigenvalue weighted by molar-refractivity contribution is -0.241. The van der Waals surface area contributed by atoms with Gasteiger partial charge in [0.1, 0.15) is 6.10 Å². The molecule has 3 rings (SSSR count). The average molecular weight is 356 g/mol. The summed E-state index contributed by atoms with van der Waals surface area (Å²) in [5.74, 6) is 0. The smallest absolute Gasteiger partial charge is 0.158 e. The summed E-state index contributed by atoms with van der Waals surface area (Å²) in [6.07, 6.45) is 1.50. The maximum atomic E-state index is 6.15. The standard InChI is InChI=1S/C22H28O4/c1-2-24-22-14-13-20(25-16-19-11-7-4-8-12-19)21(26-22)17-23-15-18-9-5-3-6-10-18/h3-12,20-22H,2,13-17H2,1H3/t20-,21+,22-/m0/s1. The Balaban J connectivity index is 1.53. The van der Waals surface area contributed by atoms with Crippen LogP contribution in [0.1, 0.15) is 30.9 Å². The number of hydrogen-bond donors (Lipinski definition) is 0. The first-order chi connectivity index (χ1) is 12.8. The highest BCUT2D eigenvalue weighted by molar-refractivity contribution is 5.14. The van der Waals surface area contributed by atoms with Gasteiger partial charge in [0.25, 0.3) is 0 Å². The van der Waals surface area contributed by atoms with Crippen LogP contribution in [-0.4, -0.2) is 31.7 Å². The Morgan fingerprint density at radius 2 is 1.50 bits per heavy atom. The fourth-order valence-electron chi connectivity index (χ4n) is 3.13. The molecular weight excluding hydrogens is 328 g/mol. The van der Waals surface area contributed by atoms with Crippen LogP contribution in [0.15, 0.2) is 60.7 Å². The predicted octanol–water partition coefficient (Wildman–Crippen LogP) is 4.33. The fourth-order valence-corrected chi connectivity index (χ4v) is 3.13. The molecule has 0 spiro atoms. The monoisotopic (exact) mass is 356 g/mol. The van der Waals surface area contributed by atoms with E-state index in [1.807, 2.05) is 43.3 Å². The summed E-state index contributed by atoms with van der Waals surface area (Å²) in [7, 11) is 0. The van der Waals surface area contributed by atoms with Crippen molar-refractivity contribution in [3.05, 3.63) is 71.8 Å². The molecule has 4 nitrogen and oxygen atoms in total. The van der Waals surface area contributed by atoms with Crippen molar-refractivity contribution in [1.82, 2.24) is 0 Å². The van der Waals surface area contributed by atoms with Crippen LogP contribution in [0.5, 0.6) is 0 Å². The van der Waals surface area contributed by atoms with Crippen LogP contribution in [0, 0.1) is 0 Å². The molecule has 1 aliphatic heterocycles. The molecule has 0 aromatic heterocycles. The van der Waals surface area contributed by atoms with E-state index >= 15 is 0 Å². The van der Waals surface area contributed by atoms with Gasteiger partial charge in [0.2, 0.25) is 0 Å². The predicted molar refractivity (Wildman–Crippen MR) is 101 cm³/mol. The number of benzene rings is 2. The summed E-state index contributed by atoms with van der Waals surface area (Å²) in [4.78, 5) is 0. The summed E-state index contributed by atoms with van der Waals surface area (Å²) in [5, 5.41) is 0. The first-order valence-electron chi connectivity index (χ1n) is 9.39. The zero-order chi connectivity index (χ0) is 18.0. The van der Waals surface area contributed by atoms with Gasteiger partial charge in [-0.05, 0) is 24.5 Å². The normalized spacial score (nSPS) is 23.0. The Hall–Kier alpha value is -1.72. The third-order valence-electron chi connectivity index (χ3n) is 4.48. The van der Waals surface area contributed by atoms with Crippen LogP contribution < -0.4 is 0 Å². The first-order valence-corrected chi connectivity index (χ1v) is 9.39. The molecule has 0 N–H and O–H groups in total. The Morgan fingerprint density at radius 1 is 0.846 bits per heavy atom. The van der Waals surface area contributed by atoms with E-state index in [0.29, 0.717) is 26.4 Å². The van der Waals surface area contributed by atoms with E-state index in [-0.39, 0.29) is 18.5 Å². The molecule has 2 aromatic rings. The summed E-state index contributed by atoms with van der Waals surface area (Å²) in [6, 6.07) is 20.4. The van der Waals surface area contributed by atoms with Crippen LogP contribution in [-0.2, 0) is 32.2 Å². The van der Waals surface area contributed by atoms with Crippen molar-refractivity contribution >= 4 is 0 Å². The van der Waals surface area contributed by atoms with Crippen molar-refractivity contribution in [3.8, 4) is 0 Å². The third kappa shape index (κ3) is 5.92. The van der Waals surface area contributed by atoms with Gasteiger partial charge in [0, 0.05) is 13.0 Å². The lowest BCUT2D eigenvalue weighted by Crippen LogP contribution is -2.44. The average Bonchev–Trinajstić information content (AvgIpc) is 2.69. The molecule has 1 aliphatic rings. The summed E-state index contributed by atoms with van der Waals surface area (Å²) >= 11 is 0. The second-order valence-corrected chi connectivity index (χ2v) is 6.47. The summed E-state index contributed by atoms with van der Waals surface area (Å²) in [6.45, 7) is 4.30. The number of hydrogen-bond acceptors (Lipinski definition) is 4. The fraction of sp³-hybridized carbons (Fsp3) is 0.455. The highest BCUT2D eigenvalue weighted by Crippen LogP contribution is 2.24. The van der Waals surface area contributed by atoms with Gasteiger partial charge in [-0.1, -0.05) is 60.7 Å². The van der Waals surface area contributed by atoms with Crippen LogP contribution in [0.4, 0.5) is 0 Å². The topological polar surface area (TPSA) is 36.9 Å². The third-order valence-corrected chi connectivity index (χ3v) is 4.48. The van der Waals surface area contributed by atoms with E-state index in [9.17, 15) is 0 Å². The molecule has 0 saturated carbocycles. The van der Waals surface area contributed by atoms with Crippen LogP contribution in [0.3, 0.4) is 0 Å². The molecule has 1 heterocycles. The Kier molecular flexibility index (Phi) is 7.65. The molecule has 0 unspecified atom stereocenters. The van der Waals surface area contributed by atoms with Crippen molar-refractivity contribution in [2.45, 2.75) is 51.5 Å². The summed E-state index contributed by atoms with van der Waals surface area (Å²) < 4.78 is 23.8. The first kappa shape index (κ1) is 19.1. The maximum absolute atomic E-state index is 6.15. The molecule has 4 heteroatoms. The van der Waals surface area contributed by atoms with Crippen LogP contribution >= 0.6 is 0 Å². The van der Waals surface area contributed by atoms with Gasteiger partial charge in [-0.3, -0.25) is 0 Å². The second-order valence-electron chi connectivity index (χ2n) is 6.47. The van der Waals surface area contributed by atoms with Crippen molar-refractivity contribution in [2.75, 3.05) is 13.2 Å². The zero-order valence-electron chi connectivity index (χ0n) is 15.4. The Morgan fingerprint density at radius 3 is 2.15 bits per heavy atom. The second kappa shape index (κ2) is 10.4. The molecule has 26 heavy (non-hydrogen) atoms. The molecular formula is C22H28O4. The quantitative estimate of drug-likeness (QED) is 0.670. The van der Waals surface area contributed by atoms with Crippen molar-refractivity contribution < 1.29 is 18.9 Å². The van der Waals surface area contributed by atoms with E-state index in [0.717, 1.165) is 18.4 Å². The van der Waals surface area contributed by atoms with Crippen molar-refractivity contribution in [3.63, 3.8) is 0 Å². The molecule has 3 atom stereocenters. The molecule has 140 valence electrons. The van der Waals surface area contributed by atoms with E-state index < -0.39 is 0 Å². The van der Waals surface area contributed by atoms with E-state index in [1.54, 1.807) is 0 Å². The highest BCUT2D eigenvalue weighted by atomic mass is 16.7. The minimum Gasteiger partial charge on any atom is -0.374 e. The SMILES string of the molecule is CCO[C@@H]1CC[C@H](OCc2ccccc2)[C@@H](COCc2ccccc2)O1. The minimum absolute atomic E-state index is 0.0164. The zero-order valence-corrected chi connectivity index (χ0v) is 15.4. The van der Waals surface area contributed by atoms with Gasteiger partial charge in [-0.2, -0.15) is 0 Å². The number of rotatable bonds is 9. The van der Waals surface area contributed by atoms with Gasteiger partial charge in [0.05, 0.1) is 25.9 Å². The van der Waals surface area contributed by atoms with Gasteiger partial charge >= 0.3 is 0 Å². The molecule has 2 aromatic carbocycles. The Labute approximate surface area is 156 Å². The number of ether oxygens (including phenoxy) is 4. The van der Waals surface area contributed by atoms with E-state index in [2.05, 4.69) is 24.3 Å². The van der Waals surface area contributed by atoms with Crippen LogP contribution in [0.2, 0.25) is 0 Å². The van der Waals surface area contributed by atoms with Crippen molar-refractivity contribution in [1.29, 1.82) is 0 Å². The maximum Gasteiger partial charge on any atom is 0.158 e. The highest BCUT2D eigenvalue weighted by Gasteiger charge is 2.32. The molecule has 0 aliphatic carbocycles. The van der Waals surface area contributed by atoms with Gasteiger partial charge in [-0.25, -0.2) is 0 Å². The summed E-state index contributed by atoms with van der Waals surface area (Å²) in [5.41, 5.74) is 2.33. The van der Waals surface area contributed by atoms with Crippen LogP contribution in [0.25, 0.3) is 0 Å². The molecule has 0 radical (unpaired) electrons. The van der Waals surface area contributed by atoms with Gasteiger partial charge in [0.15, 0.2) is 6.29 Å². The molecule has 0 amide bonds. The van der Waals surface area contributed by atoms with Gasteiger partial charge in [-0.15, -0.1) is 0 Å².